The fourth-order valence-electron chi connectivity index (χ4n) is 1.74. The number of ether oxygens (including phenoxy) is 3. The molecule has 1 heterocycles. The van der Waals surface area contributed by atoms with Gasteiger partial charge in [-0.2, -0.15) is 0 Å². The van der Waals surface area contributed by atoms with E-state index in [1.807, 2.05) is 0 Å². The van der Waals surface area contributed by atoms with Crippen LogP contribution in [-0.4, -0.2) is 72.1 Å². The summed E-state index contributed by atoms with van der Waals surface area (Å²) in [7, 11) is 0. The molecule has 0 aromatic carbocycles. The minimum atomic E-state index is -1.24. The predicted molar refractivity (Wildman–Crippen MR) is 75.3 cm³/mol. The van der Waals surface area contributed by atoms with Crippen molar-refractivity contribution in [2.45, 2.75) is 23.7 Å². The van der Waals surface area contributed by atoms with E-state index in [2.05, 4.69) is 0 Å². The third-order valence-electron chi connectivity index (χ3n) is 2.72. The predicted octanol–water partition coefficient (Wildman–Crippen LogP) is -3.34. The molecule has 0 bridgehead atoms. The Kier molecular flexibility index (Phi) is 7.55. The van der Waals surface area contributed by atoms with Crippen LogP contribution in [0.2, 0.25) is 0 Å². The zero-order valence-corrected chi connectivity index (χ0v) is 12.5. The molecule has 22 heavy (non-hydrogen) atoms. The van der Waals surface area contributed by atoms with Crippen molar-refractivity contribution in [3.63, 3.8) is 0 Å². The molecule has 1 rings (SSSR count). The number of hydrogen-bond donors (Lipinski definition) is 4. The van der Waals surface area contributed by atoms with E-state index in [1.54, 1.807) is 0 Å². The van der Waals surface area contributed by atoms with Crippen molar-refractivity contribution >= 4 is 29.7 Å². The molecule has 7 N–H and O–H groups in total. The van der Waals surface area contributed by atoms with Gasteiger partial charge in [0.2, 0.25) is 0 Å². The molecule has 0 radical (unpaired) electrons. The molecule has 11 heteroatoms. The standard InChI is InChI=1S/C11H19N3O7S/c12-1-6(15)19-5-4-22-11(18)10(21-8(17)3-14)9(5)20-7(16)2-13/h5,9-11,18H,1-4,12-14H2/t5-,9+,10-,11-/m1/s1. The first-order valence-electron chi connectivity index (χ1n) is 6.41. The van der Waals surface area contributed by atoms with E-state index in [9.17, 15) is 19.5 Å². The van der Waals surface area contributed by atoms with Crippen molar-refractivity contribution in [3.8, 4) is 0 Å². The second-order valence-corrected chi connectivity index (χ2v) is 5.42. The smallest absolute Gasteiger partial charge is 0.320 e. The van der Waals surface area contributed by atoms with Crippen LogP contribution in [0, 0.1) is 0 Å². The first-order valence-corrected chi connectivity index (χ1v) is 7.46. The van der Waals surface area contributed by atoms with Gasteiger partial charge in [0, 0.05) is 5.75 Å². The van der Waals surface area contributed by atoms with Gasteiger partial charge in [0.25, 0.3) is 0 Å². The minimum Gasteiger partial charge on any atom is -0.456 e. The van der Waals surface area contributed by atoms with Gasteiger partial charge in [-0.1, -0.05) is 0 Å². The maximum absolute atomic E-state index is 11.4. The first kappa shape index (κ1) is 18.6. The monoisotopic (exact) mass is 337 g/mol. The van der Waals surface area contributed by atoms with E-state index in [1.165, 1.54) is 0 Å². The Labute approximate surface area is 130 Å². The Morgan fingerprint density at radius 3 is 1.86 bits per heavy atom. The van der Waals surface area contributed by atoms with Gasteiger partial charge in [0.05, 0.1) is 19.6 Å². The summed E-state index contributed by atoms with van der Waals surface area (Å²) in [6.45, 7) is -1.21. The third kappa shape index (κ3) is 5.10. The number of esters is 3. The number of carbonyl (C=O) groups excluding carboxylic acids is 3. The van der Waals surface area contributed by atoms with Crippen LogP contribution >= 0.6 is 11.8 Å². The van der Waals surface area contributed by atoms with E-state index < -0.39 is 54.7 Å². The van der Waals surface area contributed by atoms with Crippen molar-refractivity contribution in [2.75, 3.05) is 25.4 Å². The summed E-state index contributed by atoms with van der Waals surface area (Å²) in [5, 5.41) is 9.94. The summed E-state index contributed by atoms with van der Waals surface area (Å²) >= 11 is 0.975. The molecule has 1 aliphatic heterocycles. The summed E-state index contributed by atoms with van der Waals surface area (Å²) in [6.07, 6.45) is -3.37. The molecule has 0 unspecified atom stereocenters. The molecule has 0 aromatic heterocycles. The van der Waals surface area contributed by atoms with Crippen LogP contribution in [0.5, 0.6) is 0 Å². The van der Waals surface area contributed by atoms with Gasteiger partial charge in [-0.15, -0.1) is 11.8 Å². The molecule has 0 spiro atoms. The SMILES string of the molecule is NCC(=O)O[C@@H]1[C@@H](OC(=O)CN)[C@H](OC(=O)CN)CS[C@H]1O. The fourth-order valence-corrected chi connectivity index (χ4v) is 2.79. The van der Waals surface area contributed by atoms with E-state index in [0.29, 0.717) is 0 Å². The highest BCUT2D eigenvalue weighted by atomic mass is 32.2. The van der Waals surface area contributed by atoms with Crippen molar-refractivity contribution in [1.82, 2.24) is 0 Å². The Balaban J connectivity index is 2.92. The van der Waals surface area contributed by atoms with Crippen LogP contribution in [-0.2, 0) is 28.6 Å². The zero-order valence-electron chi connectivity index (χ0n) is 11.7. The van der Waals surface area contributed by atoms with Crippen LogP contribution in [0.15, 0.2) is 0 Å². The minimum absolute atomic E-state index is 0.131. The van der Waals surface area contributed by atoms with Gasteiger partial charge < -0.3 is 36.5 Å². The van der Waals surface area contributed by atoms with Crippen LogP contribution in [0.4, 0.5) is 0 Å². The molecule has 1 aliphatic rings. The third-order valence-corrected chi connectivity index (χ3v) is 3.85. The molecule has 0 amide bonds. The topological polar surface area (TPSA) is 177 Å². The Morgan fingerprint density at radius 1 is 0.909 bits per heavy atom. The quantitative estimate of drug-likeness (QED) is 0.281. The molecule has 4 atom stereocenters. The molecular weight excluding hydrogens is 318 g/mol. The van der Waals surface area contributed by atoms with Gasteiger partial charge in [0.1, 0.15) is 5.44 Å². The van der Waals surface area contributed by atoms with Crippen LogP contribution in [0.3, 0.4) is 0 Å². The number of aliphatic hydroxyl groups excluding tert-OH is 1. The van der Waals surface area contributed by atoms with E-state index >= 15 is 0 Å². The van der Waals surface area contributed by atoms with Crippen molar-refractivity contribution in [3.05, 3.63) is 0 Å². The summed E-state index contributed by atoms with van der Waals surface area (Å²) < 4.78 is 15.1. The molecule has 1 saturated heterocycles. The zero-order chi connectivity index (χ0) is 16.7. The van der Waals surface area contributed by atoms with Crippen LogP contribution in [0.25, 0.3) is 0 Å². The Hall–Kier alpha value is -1.40. The van der Waals surface area contributed by atoms with Crippen molar-refractivity contribution in [1.29, 1.82) is 0 Å². The maximum Gasteiger partial charge on any atom is 0.320 e. The Bertz CT molecular complexity index is 422. The highest BCUT2D eigenvalue weighted by molar-refractivity contribution is 7.99. The van der Waals surface area contributed by atoms with Gasteiger partial charge in [-0.05, 0) is 0 Å². The number of rotatable bonds is 6. The number of thioether (sulfide) groups is 1. The Morgan fingerprint density at radius 2 is 1.36 bits per heavy atom. The van der Waals surface area contributed by atoms with Crippen LogP contribution in [0.1, 0.15) is 0 Å². The number of carbonyl (C=O) groups is 3. The van der Waals surface area contributed by atoms with Crippen molar-refractivity contribution in [2.24, 2.45) is 17.2 Å². The highest BCUT2D eigenvalue weighted by Gasteiger charge is 2.46. The number of nitrogens with two attached hydrogens (primary N) is 3. The summed E-state index contributed by atoms with van der Waals surface area (Å²) in [5.41, 5.74) is 14.3. The van der Waals surface area contributed by atoms with E-state index in [-0.39, 0.29) is 12.3 Å². The fraction of sp³-hybridized carbons (Fsp3) is 0.727. The summed E-state index contributed by atoms with van der Waals surface area (Å²) in [6, 6.07) is 0. The lowest BCUT2D eigenvalue weighted by molar-refractivity contribution is -0.188. The van der Waals surface area contributed by atoms with Crippen LogP contribution < -0.4 is 17.2 Å². The van der Waals surface area contributed by atoms with Gasteiger partial charge >= 0.3 is 17.9 Å². The molecule has 0 saturated carbocycles. The maximum atomic E-state index is 11.4. The molecular formula is C11H19N3O7S. The van der Waals surface area contributed by atoms with Gasteiger partial charge in [0.15, 0.2) is 18.3 Å². The lowest BCUT2D eigenvalue weighted by atomic mass is 10.1. The normalized spacial score (nSPS) is 27.8. The molecule has 0 aliphatic carbocycles. The molecule has 10 nitrogen and oxygen atoms in total. The second kappa shape index (κ2) is 8.90. The highest BCUT2D eigenvalue weighted by Crippen LogP contribution is 2.30. The lowest BCUT2D eigenvalue weighted by Gasteiger charge is -2.38. The summed E-state index contributed by atoms with van der Waals surface area (Å²) in [5.74, 6) is -2.19. The average molecular weight is 337 g/mol. The van der Waals surface area contributed by atoms with Crippen molar-refractivity contribution < 1.29 is 33.7 Å². The van der Waals surface area contributed by atoms with Gasteiger partial charge in [-0.25, -0.2) is 0 Å². The number of aliphatic hydroxyl groups is 1. The second-order valence-electron chi connectivity index (χ2n) is 4.27. The summed E-state index contributed by atoms with van der Waals surface area (Å²) in [4.78, 5) is 34.1. The molecule has 126 valence electrons. The van der Waals surface area contributed by atoms with Gasteiger partial charge in [-0.3, -0.25) is 14.4 Å². The lowest BCUT2D eigenvalue weighted by Crippen LogP contribution is -2.55. The number of hydrogen-bond acceptors (Lipinski definition) is 11. The average Bonchev–Trinajstić information content (AvgIpc) is 2.52. The molecule has 1 fully saturated rings. The largest absolute Gasteiger partial charge is 0.456 e. The molecule has 0 aromatic rings. The van der Waals surface area contributed by atoms with E-state index in [0.717, 1.165) is 11.8 Å². The first-order chi connectivity index (χ1) is 10.4. The van der Waals surface area contributed by atoms with E-state index in [4.69, 9.17) is 31.4 Å².